The first-order chi connectivity index (χ1) is 8.89. The van der Waals surface area contributed by atoms with E-state index in [0.717, 1.165) is 13.1 Å². The van der Waals surface area contributed by atoms with Crippen molar-refractivity contribution in [2.75, 3.05) is 13.1 Å². The van der Waals surface area contributed by atoms with Crippen LogP contribution in [0.15, 0.2) is 16.8 Å². The van der Waals surface area contributed by atoms with Crippen LogP contribution in [0.2, 0.25) is 13.1 Å². The maximum absolute atomic E-state index is 6.43. The van der Waals surface area contributed by atoms with E-state index in [9.17, 15) is 0 Å². The van der Waals surface area contributed by atoms with Crippen LogP contribution in [-0.2, 0) is 4.43 Å². The SMILES string of the molecule is C[SiH](C)O[C@H](C1CNCC1c1ccsc1)C(C)(C)C. The van der Waals surface area contributed by atoms with E-state index >= 15 is 0 Å². The topological polar surface area (TPSA) is 21.3 Å². The van der Waals surface area contributed by atoms with Crippen LogP contribution >= 0.6 is 11.3 Å². The van der Waals surface area contributed by atoms with E-state index in [0.29, 0.717) is 17.9 Å². The summed E-state index contributed by atoms with van der Waals surface area (Å²) in [6.07, 6.45) is 0.360. The van der Waals surface area contributed by atoms with E-state index in [1.54, 1.807) is 11.3 Å². The standard InChI is InChI=1S/C15H27NOSSi/c1-15(2,3)14(17-19(4)5)13-9-16-8-12(13)11-6-7-18-10-11/h6-7,10,12-14,16,19H,8-9H2,1-5H3/t12?,13?,14-/m1/s1. The highest BCUT2D eigenvalue weighted by Gasteiger charge is 2.41. The normalized spacial score (nSPS) is 26.0. The number of hydrogen-bond donors (Lipinski definition) is 1. The third-order valence-corrected chi connectivity index (χ3v) is 5.43. The first-order valence-electron chi connectivity index (χ1n) is 7.28. The Balaban J connectivity index is 2.20. The molecule has 0 radical (unpaired) electrons. The Morgan fingerprint density at radius 1 is 1.37 bits per heavy atom. The highest BCUT2D eigenvalue weighted by atomic mass is 32.1. The summed E-state index contributed by atoms with van der Waals surface area (Å²) in [6, 6.07) is 2.28. The van der Waals surface area contributed by atoms with Gasteiger partial charge in [-0.25, -0.2) is 0 Å². The van der Waals surface area contributed by atoms with Gasteiger partial charge in [-0.05, 0) is 40.9 Å². The Morgan fingerprint density at radius 2 is 2.11 bits per heavy atom. The van der Waals surface area contributed by atoms with Crippen molar-refractivity contribution in [2.45, 2.75) is 45.9 Å². The minimum absolute atomic E-state index is 0.211. The third kappa shape index (κ3) is 3.69. The first-order valence-corrected chi connectivity index (χ1v) is 11.0. The zero-order valence-corrected chi connectivity index (χ0v) is 14.7. The second kappa shape index (κ2) is 6.08. The molecule has 2 nitrogen and oxygen atoms in total. The molecule has 19 heavy (non-hydrogen) atoms. The third-order valence-electron chi connectivity index (χ3n) is 3.89. The van der Waals surface area contributed by atoms with Crippen molar-refractivity contribution in [2.24, 2.45) is 11.3 Å². The molecule has 1 aromatic rings. The Kier molecular flexibility index (Phi) is 4.87. The van der Waals surface area contributed by atoms with Crippen LogP contribution in [-0.4, -0.2) is 28.2 Å². The smallest absolute Gasteiger partial charge is 0.171 e. The molecule has 3 atom stereocenters. The van der Waals surface area contributed by atoms with Gasteiger partial charge in [0.1, 0.15) is 0 Å². The minimum Gasteiger partial charge on any atom is -0.417 e. The van der Waals surface area contributed by atoms with Gasteiger partial charge in [0.25, 0.3) is 0 Å². The predicted octanol–water partition coefficient (Wildman–Crippen LogP) is 3.47. The van der Waals surface area contributed by atoms with Gasteiger partial charge in [0.15, 0.2) is 9.04 Å². The van der Waals surface area contributed by atoms with Crippen molar-refractivity contribution in [1.29, 1.82) is 0 Å². The first kappa shape index (κ1) is 15.2. The van der Waals surface area contributed by atoms with Gasteiger partial charge in [0, 0.05) is 24.9 Å². The average molecular weight is 298 g/mol. The quantitative estimate of drug-likeness (QED) is 0.859. The van der Waals surface area contributed by atoms with Crippen molar-refractivity contribution in [3.63, 3.8) is 0 Å². The largest absolute Gasteiger partial charge is 0.417 e. The molecule has 0 bridgehead atoms. The summed E-state index contributed by atoms with van der Waals surface area (Å²) in [5.41, 5.74) is 1.70. The molecule has 0 aliphatic carbocycles. The molecule has 1 aromatic heterocycles. The Hall–Kier alpha value is -0.163. The fraction of sp³-hybridized carbons (Fsp3) is 0.733. The van der Waals surface area contributed by atoms with Crippen LogP contribution < -0.4 is 5.32 Å². The Bertz CT molecular complexity index is 385. The molecule has 1 saturated heterocycles. The molecule has 0 saturated carbocycles. The van der Waals surface area contributed by atoms with Crippen molar-refractivity contribution in [3.05, 3.63) is 22.4 Å². The van der Waals surface area contributed by atoms with Gasteiger partial charge < -0.3 is 9.74 Å². The molecule has 4 heteroatoms. The Labute approximate surface area is 123 Å². The molecule has 0 aromatic carbocycles. The van der Waals surface area contributed by atoms with E-state index in [2.05, 4.69) is 56.0 Å². The fourth-order valence-corrected chi connectivity index (χ4v) is 5.03. The molecule has 0 amide bonds. The van der Waals surface area contributed by atoms with Crippen molar-refractivity contribution in [1.82, 2.24) is 5.32 Å². The van der Waals surface area contributed by atoms with Gasteiger partial charge in [-0.15, -0.1) is 0 Å². The number of rotatable bonds is 4. The molecule has 0 spiro atoms. The fourth-order valence-electron chi connectivity index (χ4n) is 3.11. The van der Waals surface area contributed by atoms with Gasteiger partial charge >= 0.3 is 0 Å². The molecular weight excluding hydrogens is 270 g/mol. The number of hydrogen-bond acceptors (Lipinski definition) is 3. The molecule has 1 aliphatic heterocycles. The summed E-state index contributed by atoms with van der Waals surface area (Å²) in [6.45, 7) is 13.7. The van der Waals surface area contributed by atoms with E-state index in [-0.39, 0.29) is 5.41 Å². The lowest BCUT2D eigenvalue weighted by Crippen LogP contribution is -2.42. The van der Waals surface area contributed by atoms with Crippen molar-refractivity contribution >= 4 is 20.4 Å². The lowest BCUT2D eigenvalue weighted by Gasteiger charge is -2.39. The predicted molar refractivity (Wildman–Crippen MR) is 86.6 cm³/mol. The molecule has 2 heterocycles. The summed E-state index contributed by atoms with van der Waals surface area (Å²) < 4.78 is 6.43. The van der Waals surface area contributed by atoms with E-state index in [1.165, 1.54) is 5.56 Å². The van der Waals surface area contributed by atoms with Gasteiger partial charge in [-0.1, -0.05) is 20.8 Å². The average Bonchev–Trinajstić information content (AvgIpc) is 2.94. The highest BCUT2D eigenvalue weighted by molar-refractivity contribution is 7.08. The van der Waals surface area contributed by atoms with Gasteiger partial charge in [-0.2, -0.15) is 11.3 Å². The second-order valence-electron chi connectivity index (χ2n) is 6.96. The molecule has 108 valence electrons. The maximum Gasteiger partial charge on any atom is 0.171 e. The van der Waals surface area contributed by atoms with Gasteiger partial charge in [-0.3, -0.25) is 0 Å². The second-order valence-corrected chi connectivity index (χ2v) is 10.1. The van der Waals surface area contributed by atoms with E-state index in [1.807, 2.05) is 0 Å². The van der Waals surface area contributed by atoms with Crippen LogP contribution in [0, 0.1) is 11.3 Å². The van der Waals surface area contributed by atoms with Gasteiger partial charge in [0.2, 0.25) is 0 Å². The summed E-state index contributed by atoms with van der Waals surface area (Å²) in [5, 5.41) is 8.07. The minimum atomic E-state index is -1.02. The summed E-state index contributed by atoms with van der Waals surface area (Å²) in [4.78, 5) is 0. The van der Waals surface area contributed by atoms with Crippen LogP contribution in [0.5, 0.6) is 0 Å². The molecule has 1 N–H and O–H groups in total. The van der Waals surface area contributed by atoms with E-state index in [4.69, 9.17) is 4.43 Å². The molecule has 2 unspecified atom stereocenters. The van der Waals surface area contributed by atoms with Crippen LogP contribution in [0.25, 0.3) is 0 Å². The zero-order valence-electron chi connectivity index (χ0n) is 12.8. The Morgan fingerprint density at radius 3 is 2.63 bits per heavy atom. The summed E-state index contributed by atoms with van der Waals surface area (Å²) >= 11 is 1.80. The van der Waals surface area contributed by atoms with Gasteiger partial charge in [0.05, 0.1) is 6.10 Å². The highest BCUT2D eigenvalue weighted by Crippen LogP contribution is 2.39. The molecule has 1 fully saturated rings. The van der Waals surface area contributed by atoms with Crippen molar-refractivity contribution < 1.29 is 4.43 Å². The van der Waals surface area contributed by atoms with Crippen molar-refractivity contribution in [3.8, 4) is 0 Å². The lowest BCUT2D eigenvalue weighted by atomic mass is 9.75. The zero-order chi connectivity index (χ0) is 14.0. The van der Waals surface area contributed by atoms with E-state index < -0.39 is 9.04 Å². The molecule has 2 rings (SSSR count). The van der Waals surface area contributed by atoms with Crippen LogP contribution in [0.3, 0.4) is 0 Å². The van der Waals surface area contributed by atoms with Crippen LogP contribution in [0.4, 0.5) is 0 Å². The molecular formula is C15H27NOSSi. The van der Waals surface area contributed by atoms with Crippen LogP contribution in [0.1, 0.15) is 32.3 Å². The summed E-state index contributed by atoms with van der Waals surface area (Å²) in [7, 11) is -1.02. The number of nitrogens with one attached hydrogen (secondary N) is 1. The monoisotopic (exact) mass is 297 g/mol. The molecule has 1 aliphatic rings. The maximum atomic E-state index is 6.43. The summed E-state index contributed by atoms with van der Waals surface area (Å²) in [5.74, 6) is 1.22. The number of thiophene rings is 1. The lowest BCUT2D eigenvalue weighted by molar-refractivity contribution is 0.0340.